The molecule has 2 heterocycles. The van der Waals surface area contributed by atoms with Crippen molar-refractivity contribution in [1.82, 2.24) is 9.97 Å². The standard InChI is InChI=1S/C23H29F2N5O/c1-14(15-9-16(24)11-17(25)10-15)27-22-26-12-19-20(28-22)30(18-7-5-6-8-18)13-23(2,3)21(31)29(19)4/h9-12,14,18H,5-8,13H2,1-4H3,(H,26,27,28)/t14-/m1/s1. The molecule has 2 aromatic rings. The van der Waals surface area contributed by atoms with E-state index in [1.807, 2.05) is 13.8 Å². The first-order chi connectivity index (χ1) is 14.7. The van der Waals surface area contributed by atoms with E-state index in [0.717, 1.165) is 24.7 Å². The number of aromatic nitrogens is 2. The molecule has 0 spiro atoms. The third-order valence-electron chi connectivity index (χ3n) is 6.33. The quantitative estimate of drug-likeness (QED) is 0.765. The molecule has 1 atom stereocenters. The molecule has 1 N–H and O–H groups in total. The molecule has 1 fully saturated rings. The Morgan fingerprint density at radius 2 is 1.81 bits per heavy atom. The van der Waals surface area contributed by atoms with Gasteiger partial charge in [0.05, 0.1) is 17.7 Å². The zero-order valence-corrected chi connectivity index (χ0v) is 18.5. The third-order valence-corrected chi connectivity index (χ3v) is 6.33. The molecule has 4 rings (SSSR count). The van der Waals surface area contributed by atoms with Crippen molar-refractivity contribution < 1.29 is 13.6 Å². The number of anilines is 3. The maximum atomic E-state index is 13.6. The van der Waals surface area contributed by atoms with Crippen LogP contribution in [0.15, 0.2) is 24.4 Å². The minimum Gasteiger partial charge on any atom is -0.351 e. The van der Waals surface area contributed by atoms with Gasteiger partial charge in [0.1, 0.15) is 17.3 Å². The number of nitrogens with zero attached hydrogens (tertiary/aromatic N) is 4. The average molecular weight is 430 g/mol. The minimum atomic E-state index is -0.624. The zero-order chi connectivity index (χ0) is 22.3. The molecule has 2 aliphatic rings. The van der Waals surface area contributed by atoms with E-state index in [9.17, 15) is 13.6 Å². The molecule has 1 aromatic heterocycles. The average Bonchev–Trinajstić information content (AvgIpc) is 3.22. The molecule has 166 valence electrons. The predicted molar refractivity (Wildman–Crippen MR) is 117 cm³/mol. The second-order valence-corrected chi connectivity index (χ2v) is 9.29. The van der Waals surface area contributed by atoms with Crippen LogP contribution >= 0.6 is 0 Å². The fraction of sp³-hybridized carbons (Fsp3) is 0.522. The van der Waals surface area contributed by atoms with E-state index in [1.54, 1.807) is 25.1 Å². The molecule has 0 radical (unpaired) electrons. The van der Waals surface area contributed by atoms with Crippen molar-refractivity contribution >= 4 is 23.4 Å². The minimum absolute atomic E-state index is 0.0298. The highest BCUT2D eigenvalue weighted by Gasteiger charge is 2.41. The summed E-state index contributed by atoms with van der Waals surface area (Å²) in [6.45, 7) is 6.31. The number of amides is 1. The van der Waals surface area contributed by atoms with Gasteiger partial charge in [-0.25, -0.2) is 13.8 Å². The number of fused-ring (bicyclic) bond motifs is 1. The van der Waals surface area contributed by atoms with Crippen LogP contribution in [-0.2, 0) is 4.79 Å². The van der Waals surface area contributed by atoms with Crippen LogP contribution < -0.4 is 15.1 Å². The van der Waals surface area contributed by atoms with Gasteiger partial charge in [0.25, 0.3) is 0 Å². The first kappa shape index (κ1) is 21.5. The number of rotatable bonds is 4. The van der Waals surface area contributed by atoms with E-state index < -0.39 is 23.1 Å². The number of carbonyl (C=O) groups excluding carboxylic acids is 1. The van der Waals surface area contributed by atoms with Crippen LogP contribution in [0, 0.1) is 17.0 Å². The van der Waals surface area contributed by atoms with Gasteiger partial charge < -0.3 is 15.1 Å². The molecule has 6 nitrogen and oxygen atoms in total. The van der Waals surface area contributed by atoms with Crippen molar-refractivity contribution in [3.63, 3.8) is 0 Å². The highest BCUT2D eigenvalue weighted by molar-refractivity contribution is 6.00. The molecule has 1 aliphatic carbocycles. The van der Waals surface area contributed by atoms with E-state index in [0.29, 0.717) is 29.8 Å². The topological polar surface area (TPSA) is 61.4 Å². The lowest BCUT2D eigenvalue weighted by molar-refractivity contribution is -0.125. The normalized spacial score (nSPS) is 19.9. The van der Waals surface area contributed by atoms with Crippen molar-refractivity contribution in [1.29, 1.82) is 0 Å². The van der Waals surface area contributed by atoms with E-state index in [-0.39, 0.29) is 5.91 Å². The molecule has 1 aliphatic heterocycles. The summed E-state index contributed by atoms with van der Waals surface area (Å²) >= 11 is 0. The van der Waals surface area contributed by atoms with Crippen LogP contribution in [0.25, 0.3) is 0 Å². The van der Waals surface area contributed by atoms with Crippen molar-refractivity contribution in [2.45, 2.75) is 58.5 Å². The van der Waals surface area contributed by atoms with Crippen molar-refractivity contribution in [3.05, 3.63) is 41.6 Å². The lowest BCUT2D eigenvalue weighted by Gasteiger charge is -2.34. The van der Waals surface area contributed by atoms with Crippen molar-refractivity contribution in [2.75, 3.05) is 28.7 Å². The highest BCUT2D eigenvalue weighted by Crippen LogP contribution is 2.40. The molecule has 0 bridgehead atoms. The molecule has 8 heteroatoms. The Kier molecular flexibility index (Phi) is 5.58. The van der Waals surface area contributed by atoms with E-state index in [1.165, 1.54) is 25.0 Å². The summed E-state index contributed by atoms with van der Waals surface area (Å²) < 4.78 is 27.3. The Morgan fingerprint density at radius 1 is 1.16 bits per heavy atom. The van der Waals surface area contributed by atoms with E-state index >= 15 is 0 Å². The lowest BCUT2D eigenvalue weighted by atomic mass is 9.91. The maximum Gasteiger partial charge on any atom is 0.234 e. The number of carbonyl (C=O) groups is 1. The lowest BCUT2D eigenvalue weighted by Crippen LogP contribution is -2.45. The van der Waals surface area contributed by atoms with Crippen LogP contribution in [0.2, 0.25) is 0 Å². The molecule has 0 unspecified atom stereocenters. The Hall–Kier alpha value is -2.77. The van der Waals surface area contributed by atoms with Crippen LogP contribution in [-0.4, -0.2) is 35.5 Å². The predicted octanol–water partition coefficient (Wildman–Crippen LogP) is 4.68. The number of nitrogens with one attached hydrogen (secondary N) is 1. The molecule has 0 saturated heterocycles. The van der Waals surface area contributed by atoms with Gasteiger partial charge in [-0.2, -0.15) is 4.98 Å². The highest BCUT2D eigenvalue weighted by atomic mass is 19.1. The van der Waals surface area contributed by atoms with Crippen LogP contribution in [0.1, 0.15) is 58.1 Å². The summed E-state index contributed by atoms with van der Waals surface area (Å²) in [6, 6.07) is 3.37. The zero-order valence-electron chi connectivity index (χ0n) is 18.5. The monoisotopic (exact) mass is 429 g/mol. The Labute approximate surface area is 181 Å². The van der Waals surface area contributed by atoms with Gasteiger partial charge in [0, 0.05) is 25.7 Å². The molecule has 1 amide bonds. The molecule has 31 heavy (non-hydrogen) atoms. The van der Waals surface area contributed by atoms with Crippen LogP contribution in [0.5, 0.6) is 0 Å². The smallest absolute Gasteiger partial charge is 0.234 e. The third kappa shape index (κ3) is 4.20. The largest absolute Gasteiger partial charge is 0.351 e. The van der Waals surface area contributed by atoms with Crippen LogP contribution in [0.4, 0.5) is 26.2 Å². The molecular weight excluding hydrogens is 400 g/mol. The molecule has 1 saturated carbocycles. The molecular formula is C23H29F2N5O. The van der Waals surface area contributed by atoms with Gasteiger partial charge in [-0.1, -0.05) is 12.8 Å². The number of benzene rings is 1. The number of halogens is 2. The van der Waals surface area contributed by atoms with Crippen molar-refractivity contribution in [3.8, 4) is 0 Å². The first-order valence-corrected chi connectivity index (χ1v) is 10.8. The summed E-state index contributed by atoms with van der Waals surface area (Å²) in [5.74, 6) is -0.132. The Morgan fingerprint density at radius 3 is 2.45 bits per heavy atom. The summed E-state index contributed by atoms with van der Waals surface area (Å²) in [7, 11) is 1.76. The maximum absolute atomic E-state index is 13.6. The summed E-state index contributed by atoms with van der Waals surface area (Å²) in [5, 5.41) is 3.16. The van der Waals surface area contributed by atoms with E-state index in [4.69, 9.17) is 4.98 Å². The summed E-state index contributed by atoms with van der Waals surface area (Å²) in [4.78, 5) is 26.1. The van der Waals surface area contributed by atoms with Gasteiger partial charge in [-0.05, 0) is 51.3 Å². The number of hydrogen-bond acceptors (Lipinski definition) is 5. The van der Waals surface area contributed by atoms with Crippen LogP contribution in [0.3, 0.4) is 0 Å². The fourth-order valence-corrected chi connectivity index (χ4v) is 4.64. The van der Waals surface area contributed by atoms with Gasteiger partial charge >= 0.3 is 0 Å². The van der Waals surface area contributed by atoms with Gasteiger partial charge in [0.2, 0.25) is 11.9 Å². The Bertz CT molecular complexity index is 970. The van der Waals surface area contributed by atoms with Gasteiger partial charge in [-0.15, -0.1) is 0 Å². The summed E-state index contributed by atoms with van der Waals surface area (Å²) in [5.41, 5.74) is 0.590. The molecule has 1 aromatic carbocycles. The van der Waals surface area contributed by atoms with Gasteiger partial charge in [-0.3, -0.25) is 4.79 Å². The Balaban J connectivity index is 1.70. The number of hydrogen-bond donors (Lipinski definition) is 1. The van der Waals surface area contributed by atoms with Crippen molar-refractivity contribution in [2.24, 2.45) is 5.41 Å². The van der Waals surface area contributed by atoms with E-state index in [2.05, 4.69) is 15.2 Å². The van der Waals surface area contributed by atoms with Gasteiger partial charge in [0.15, 0.2) is 5.82 Å². The SMILES string of the molecule is C[C@@H](Nc1ncc2c(n1)N(C1CCCC1)CC(C)(C)C(=O)N2C)c1cc(F)cc(F)c1. The first-order valence-electron chi connectivity index (χ1n) is 10.8. The fourth-order valence-electron chi connectivity index (χ4n) is 4.64. The second kappa shape index (κ2) is 8.05. The second-order valence-electron chi connectivity index (χ2n) is 9.29. The summed E-state index contributed by atoms with van der Waals surface area (Å²) in [6.07, 6.45) is 6.13.